The van der Waals surface area contributed by atoms with Crippen LogP contribution in [0.4, 0.5) is 11.4 Å². The van der Waals surface area contributed by atoms with E-state index in [2.05, 4.69) is 4.90 Å². The Morgan fingerprint density at radius 2 is 2.05 bits per heavy atom. The van der Waals surface area contributed by atoms with E-state index in [9.17, 15) is 10.1 Å². The zero-order valence-corrected chi connectivity index (χ0v) is 10.9. The van der Waals surface area contributed by atoms with Crippen molar-refractivity contribution in [3.63, 3.8) is 0 Å². The SMILES string of the molecule is NC1CCCC2CN(c3ccccc3[N+](=O)[O-])CC12. The molecule has 5 heteroatoms. The van der Waals surface area contributed by atoms with Gasteiger partial charge in [-0.2, -0.15) is 0 Å². The van der Waals surface area contributed by atoms with Crippen LogP contribution < -0.4 is 10.6 Å². The fourth-order valence-corrected chi connectivity index (χ4v) is 3.60. The monoisotopic (exact) mass is 261 g/mol. The molecule has 2 fully saturated rings. The zero-order chi connectivity index (χ0) is 13.4. The average Bonchev–Trinajstić information content (AvgIpc) is 2.84. The summed E-state index contributed by atoms with van der Waals surface area (Å²) in [6.07, 6.45) is 3.48. The average molecular weight is 261 g/mol. The highest BCUT2D eigenvalue weighted by Crippen LogP contribution is 2.39. The first-order valence-electron chi connectivity index (χ1n) is 6.91. The van der Waals surface area contributed by atoms with Crippen LogP contribution in [0.5, 0.6) is 0 Å². The van der Waals surface area contributed by atoms with E-state index in [0.717, 1.165) is 25.2 Å². The van der Waals surface area contributed by atoms with Crippen LogP contribution in [0, 0.1) is 22.0 Å². The Morgan fingerprint density at radius 3 is 2.79 bits per heavy atom. The van der Waals surface area contributed by atoms with Crippen LogP contribution >= 0.6 is 0 Å². The Balaban J connectivity index is 1.86. The summed E-state index contributed by atoms with van der Waals surface area (Å²) >= 11 is 0. The molecule has 1 saturated heterocycles. The summed E-state index contributed by atoms with van der Waals surface area (Å²) in [4.78, 5) is 13.0. The Kier molecular flexibility index (Phi) is 3.14. The molecule has 0 spiro atoms. The van der Waals surface area contributed by atoms with E-state index >= 15 is 0 Å². The lowest BCUT2D eigenvalue weighted by Crippen LogP contribution is -2.38. The molecule has 0 aromatic heterocycles. The Morgan fingerprint density at radius 1 is 1.26 bits per heavy atom. The van der Waals surface area contributed by atoms with Crippen LogP contribution in [0.2, 0.25) is 0 Å². The van der Waals surface area contributed by atoms with Gasteiger partial charge in [-0.05, 0) is 30.7 Å². The molecule has 0 amide bonds. The number of nitrogens with two attached hydrogens (primary N) is 1. The maximum absolute atomic E-state index is 11.1. The standard InChI is InChI=1S/C14H19N3O2/c15-12-5-3-4-10-8-16(9-11(10)12)13-6-1-2-7-14(13)17(18)19/h1-2,6-7,10-12H,3-5,8-9,15H2. The van der Waals surface area contributed by atoms with E-state index in [-0.39, 0.29) is 16.7 Å². The summed E-state index contributed by atoms with van der Waals surface area (Å²) in [5.74, 6) is 1.09. The van der Waals surface area contributed by atoms with Crippen molar-refractivity contribution in [1.29, 1.82) is 0 Å². The summed E-state index contributed by atoms with van der Waals surface area (Å²) in [6.45, 7) is 1.76. The summed E-state index contributed by atoms with van der Waals surface area (Å²) in [5.41, 5.74) is 7.15. The molecule has 1 saturated carbocycles. The van der Waals surface area contributed by atoms with Crippen molar-refractivity contribution in [3.05, 3.63) is 34.4 Å². The smallest absolute Gasteiger partial charge is 0.292 e. The van der Waals surface area contributed by atoms with E-state index in [1.54, 1.807) is 12.1 Å². The molecule has 102 valence electrons. The van der Waals surface area contributed by atoms with Crippen molar-refractivity contribution in [1.82, 2.24) is 0 Å². The largest absolute Gasteiger partial charge is 0.365 e. The van der Waals surface area contributed by atoms with E-state index in [1.807, 2.05) is 12.1 Å². The van der Waals surface area contributed by atoms with Crippen molar-refractivity contribution < 1.29 is 4.92 Å². The van der Waals surface area contributed by atoms with Crippen molar-refractivity contribution >= 4 is 11.4 Å². The molecule has 19 heavy (non-hydrogen) atoms. The van der Waals surface area contributed by atoms with Gasteiger partial charge in [-0.3, -0.25) is 10.1 Å². The van der Waals surface area contributed by atoms with Crippen LogP contribution in [0.25, 0.3) is 0 Å². The number of nitro benzene ring substituents is 1. The molecule has 0 bridgehead atoms. The van der Waals surface area contributed by atoms with E-state index in [4.69, 9.17) is 5.73 Å². The third-order valence-corrected chi connectivity index (χ3v) is 4.57. The lowest BCUT2D eigenvalue weighted by atomic mass is 9.78. The topological polar surface area (TPSA) is 72.4 Å². The molecule has 0 radical (unpaired) electrons. The highest BCUT2D eigenvalue weighted by atomic mass is 16.6. The number of benzene rings is 1. The van der Waals surface area contributed by atoms with E-state index < -0.39 is 0 Å². The van der Waals surface area contributed by atoms with Crippen molar-refractivity contribution in [2.24, 2.45) is 17.6 Å². The predicted molar refractivity (Wildman–Crippen MR) is 74.1 cm³/mol. The number of hydrogen-bond donors (Lipinski definition) is 1. The minimum atomic E-state index is -0.294. The Labute approximate surface area is 112 Å². The highest BCUT2D eigenvalue weighted by molar-refractivity contribution is 5.63. The lowest BCUT2D eigenvalue weighted by Gasteiger charge is -2.29. The van der Waals surface area contributed by atoms with Gasteiger partial charge < -0.3 is 10.6 Å². The predicted octanol–water partition coefficient (Wildman–Crippen LogP) is 2.16. The molecule has 1 aliphatic heterocycles. The van der Waals surface area contributed by atoms with E-state index in [1.165, 1.54) is 12.8 Å². The molecular weight excluding hydrogens is 242 g/mol. The number of para-hydroxylation sites is 2. The Hall–Kier alpha value is -1.62. The highest BCUT2D eigenvalue weighted by Gasteiger charge is 2.40. The van der Waals surface area contributed by atoms with Crippen LogP contribution in [0.15, 0.2) is 24.3 Å². The van der Waals surface area contributed by atoms with Crippen molar-refractivity contribution in [2.75, 3.05) is 18.0 Å². The maximum Gasteiger partial charge on any atom is 0.292 e. The van der Waals surface area contributed by atoms with Gasteiger partial charge in [0.1, 0.15) is 5.69 Å². The Bertz CT molecular complexity index is 491. The molecule has 1 aromatic carbocycles. The molecule has 2 aliphatic rings. The first kappa shape index (κ1) is 12.4. The van der Waals surface area contributed by atoms with Gasteiger partial charge in [-0.15, -0.1) is 0 Å². The van der Waals surface area contributed by atoms with Gasteiger partial charge in [0.25, 0.3) is 5.69 Å². The van der Waals surface area contributed by atoms with Gasteiger partial charge in [-0.25, -0.2) is 0 Å². The third kappa shape index (κ3) is 2.18. The second-order valence-corrected chi connectivity index (χ2v) is 5.67. The first-order chi connectivity index (χ1) is 9.16. The molecule has 3 rings (SSSR count). The van der Waals surface area contributed by atoms with Crippen molar-refractivity contribution in [3.8, 4) is 0 Å². The van der Waals surface area contributed by atoms with Gasteiger partial charge in [0, 0.05) is 25.2 Å². The molecule has 1 heterocycles. The van der Waals surface area contributed by atoms with E-state index in [0.29, 0.717) is 11.8 Å². The number of rotatable bonds is 2. The van der Waals surface area contributed by atoms with Crippen LogP contribution in [-0.2, 0) is 0 Å². The molecule has 1 aliphatic carbocycles. The fraction of sp³-hybridized carbons (Fsp3) is 0.571. The van der Waals surface area contributed by atoms with Gasteiger partial charge in [0.05, 0.1) is 4.92 Å². The normalized spacial score (nSPS) is 30.2. The van der Waals surface area contributed by atoms with Gasteiger partial charge in [-0.1, -0.05) is 18.6 Å². The van der Waals surface area contributed by atoms with Crippen LogP contribution in [-0.4, -0.2) is 24.1 Å². The molecule has 1 aromatic rings. The minimum Gasteiger partial charge on any atom is -0.365 e. The summed E-state index contributed by atoms with van der Waals surface area (Å²) in [7, 11) is 0. The molecule has 5 nitrogen and oxygen atoms in total. The van der Waals surface area contributed by atoms with Gasteiger partial charge >= 0.3 is 0 Å². The number of nitrogens with zero attached hydrogens (tertiary/aromatic N) is 2. The van der Waals surface area contributed by atoms with Crippen molar-refractivity contribution in [2.45, 2.75) is 25.3 Å². The van der Waals surface area contributed by atoms with Crippen LogP contribution in [0.1, 0.15) is 19.3 Å². The number of anilines is 1. The number of nitro groups is 1. The maximum atomic E-state index is 11.1. The second-order valence-electron chi connectivity index (χ2n) is 5.67. The van der Waals surface area contributed by atoms with Gasteiger partial charge in [0.15, 0.2) is 0 Å². The second kappa shape index (κ2) is 4.81. The molecule has 3 unspecified atom stereocenters. The third-order valence-electron chi connectivity index (χ3n) is 4.57. The summed E-state index contributed by atoms with van der Waals surface area (Å²) in [5, 5.41) is 11.1. The minimum absolute atomic E-state index is 0.203. The summed E-state index contributed by atoms with van der Waals surface area (Å²) < 4.78 is 0. The molecule has 3 atom stereocenters. The quantitative estimate of drug-likeness (QED) is 0.654. The van der Waals surface area contributed by atoms with Crippen LogP contribution in [0.3, 0.4) is 0 Å². The fourth-order valence-electron chi connectivity index (χ4n) is 3.60. The first-order valence-corrected chi connectivity index (χ1v) is 6.91. The summed E-state index contributed by atoms with van der Waals surface area (Å²) in [6, 6.07) is 7.27. The molecular formula is C14H19N3O2. The van der Waals surface area contributed by atoms with Gasteiger partial charge in [0.2, 0.25) is 0 Å². The lowest BCUT2D eigenvalue weighted by molar-refractivity contribution is -0.384. The number of fused-ring (bicyclic) bond motifs is 1. The molecule has 2 N–H and O–H groups in total. The zero-order valence-electron chi connectivity index (χ0n) is 10.9. The number of hydrogen-bond acceptors (Lipinski definition) is 4.